The molecule has 0 amide bonds. The third-order valence-electron chi connectivity index (χ3n) is 2.99. The third kappa shape index (κ3) is 3.78. The fourth-order valence-electron chi connectivity index (χ4n) is 1.91. The number of benzene rings is 1. The lowest BCUT2D eigenvalue weighted by molar-refractivity contribution is 0.184. The lowest BCUT2D eigenvalue weighted by Crippen LogP contribution is -2.26. The van der Waals surface area contributed by atoms with Crippen molar-refractivity contribution in [2.75, 3.05) is 19.8 Å². The molecule has 1 saturated heterocycles. The van der Waals surface area contributed by atoms with Crippen LogP contribution in [0.1, 0.15) is 12.8 Å². The van der Waals surface area contributed by atoms with Crippen molar-refractivity contribution in [2.24, 2.45) is 5.92 Å². The summed E-state index contributed by atoms with van der Waals surface area (Å²) in [5, 5.41) is 0. The molecule has 1 heterocycles. The van der Waals surface area contributed by atoms with Crippen LogP contribution in [0.4, 0.5) is 0 Å². The maximum absolute atomic E-state index is 12.0. The van der Waals surface area contributed by atoms with E-state index in [0.29, 0.717) is 17.4 Å². The zero-order valence-corrected chi connectivity index (χ0v) is 12.3. The summed E-state index contributed by atoms with van der Waals surface area (Å²) < 4.78 is 32.7. The second kappa shape index (κ2) is 6.14. The largest absolute Gasteiger partial charge is 0.381 e. The van der Waals surface area contributed by atoms with Crippen molar-refractivity contribution in [1.82, 2.24) is 4.72 Å². The minimum absolute atomic E-state index is 0.299. The number of halogens is 1. The average molecular weight is 334 g/mol. The fourth-order valence-corrected chi connectivity index (χ4v) is 3.22. The molecule has 6 heteroatoms. The van der Waals surface area contributed by atoms with Gasteiger partial charge in [0.1, 0.15) is 0 Å². The Bertz CT molecular complexity index is 481. The summed E-state index contributed by atoms with van der Waals surface area (Å²) in [6.45, 7) is 2.01. The van der Waals surface area contributed by atoms with E-state index in [1.807, 2.05) is 0 Å². The smallest absolute Gasteiger partial charge is 0.240 e. The molecule has 1 aromatic rings. The van der Waals surface area contributed by atoms with Gasteiger partial charge in [0.2, 0.25) is 10.0 Å². The first kappa shape index (κ1) is 14.0. The number of hydrogen-bond donors (Lipinski definition) is 1. The molecular weight excluding hydrogens is 318 g/mol. The zero-order valence-electron chi connectivity index (χ0n) is 9.93. The van der Waals surface area contributed by atoms with Crippen molar-refractivity contribution in [2.45, 2.75) is 17.7 Å². The van der Waals surface area contributed by atoms with Crippen LogP contribution in [0.25, 0.3) is 0 Å². The average Bonchev–Trinajstić information content (AvgIpc) is 2.82. The van der Waals surface area contributed by atoms with Crippen molar-refractivity contribution in [3.05, 3.63) is 28.7 Å². The number of nitrogens with one attached hydrogen (secondary N) is 1. The molecule has 1 aliphatic rings. The lowest BCUT2D eigenvalue weighted by atomic mass is 10.1. The van der Waals surface area contributed by atoms with Crippen molar-refractivity contribution >= 4 is 26.0 Å². The first-order valence-electron chi connectivity index (χ1n) is 5.91. The Morgan fingerprint density at radius 1 is 1.33 bits per heavy atom. The highest BCUT2D eigenvalue weighted by Crippen LogP contribution is 2.17. The highest BCUT2D eigenvalue weighted by atomic mass is 79.9. The van der Waals surface area contributed by atoms with E-state index in [1.165, 1.54) is 0 Å². The Morgan fingerprint density at radius 2 is 2.06 bits per heavy atom. The summed E-state index contributed by atoms with van der Waals surface area (Å²) in [5.74, 6) is 0.484. The maximum Gasteiger partial charge on any atom is 0.240 e. The molecule has 100 valence electrons. The quantitative estimate of drug-likeness (QED) is 0.898. The van der Waals surface area contributed by atoms with Crippen LogP contribution in [0.15, 0.2) is 33.6 Å². The van der Waals surface area contributed by atoms with Gasteiger partial charge in [-0.05, 0) is 43.0 Å². The van der Waals surface area contributed by atoms with Crippen molar-refractivity contribution in [3.63, 3.8) is 0 Å². The van der Waals surface area contributed by atoms with E-state index in [2.05, 4.69) is 20.7 Å². The van der Waals surface area contributed by atoms with E-state index in [9.17, 15) is 8.42 Å². The fraction of sp³-hybridized carbons (Fsp3) is 0.500. The molecule has 4 nitrogen and oxygen atoms in total. The van der Waals surface area contributed by atoms with Gasteiger partial charge < -0.3 is 4.74 Å². The van der Waals surface area contributed by atoms with E-state index in [1.54, 1.807) is 24.3 Å². The predicted octanol–water partition coefficient (Wildman–Crippen LogP) is 2.15. The first-order valence-corrected chi connectivity index (χ1v) is 8.18. The first-order chi connectivity index (χ1) is 8.58. The van der Waals surface area contributed by atoms with Gasteiger partial charge in [-0.1, -0.05) is 15.9 Å². The number of hydrogen-bond acceptors (Lipinski definition) is 3. The molecule has 0 bridgehead atoms. The molecule has 0 radical (unpaired) electrons. The van der Waals surface area contributed by atoms with Gasteiger partial charge >= 0.3 is 0 Å². The molecule has 1 unspecified atom stereocenters. The molecule has 1 atom stereocenters. The van der Waals surface area contributed by atoms with Crippen LogP contribution in [0.5, 0.6) is 0 Å². The second-order valence-corrected chi connectivity index (χ2v) is 7.05. The zero-order chi connectivity index (χ0) is 13.0. The van der Waals surface area contributed by atoms with E-state index >= 15 is 0 Å². The van der Waals surface area contributed by atoms with Crippen LogP contribution < -0.4 is 4.72 Å². The summed E-state index contributed by atoms with van der Waals surface area (Å²) in [6.07, 6.45) is 1.86. The van der Waals surface area contributed by atoms with E-state index in [4.69, 9.17) is 4.74 Å². The van der Waals surface area contributed by atoms with Crippen LogP contribution in [0.3, 0.4) is 0 Å². The van der Waals surface area contributed by atoms with Crippen molar-refractivity contribution < 1.29 is 13.2 Å². The molecule has 1 N–H and O–H groups in total. The van der Waals surface area contributed by atoms with Gasteiger partial charge in [-0.2, -0.15) is 0 Å². The van der Waals surface area contributed by atoms with E-state index < -0.39 is 10.0 Å². The topological polar surface area (TPSA) is 55.4 Å². The van der Waals surface area contributed by atoms with Crippen LogP contribution in [-0.2, 0) is 14.8 Å². The summed E-state index contributed by atoms with van der Waals surface area (Å²) in [4.78, 5) is 0.299. The summed E-state index contributed by atoms with van der Waals surface area (Å²) in [5.41, 5.74) is 0. The van der Waals surface area contributed by atoms with Crippen LogP contribution in [0, 0.1) is 5.92 Å². The summed E-state index contributed by atoms with van der Waals surface area (Å²) in [7, 11) is -3.38. The van der Waals surface area contributed by atoms with Crippen molar-refractivity contribution in [1.29, 1.82) is 0 Å². The Kier molecular flexibility index (Phi) is 4.77. The van der Waals surface area contributed by atoms with Gasteiger partial charge in [-0.25, -0.2) is 13.1 Å². The maximum atomic E-state index is 12.0. The Morgan fingerprint density at radius 3 is 2.67 bits per heavy atom. The molecule has 0 aliphatic carbocycles. The minimum Gasteiger partial charge on any atom is -0.381 e. The standard InChI is InChI=1S/C12H16BrNO3S/c13-11-1-3-12(4-2-11)18(15,16)14-7-5-10-6-8-17-9-10/h1-4,10,14H,5-9H2. The molecule has 0 spiro atoms. The Balaban J connectivity index is 1.88. The highest BCUT2D eigenvalue weighted by Gasteiger charge is 2.17. The molecule has 2 rings (SSSR count). The summed E-state index contributed by atoms with van der Waals surface area (Å²) >= 11 is 3.28. The number of rotatable bonds is 5. The van der Waals surface area contributed by atoms with Gasteiger partial charge in [0.25, 0.3) is 0 Å². The Hall–Kier alpha value is -0.430. The molecule has 1 aromatic carbocycles. The van der Waals surface area contributed by atoms with E-state index in [0.717, 1.165) is 30.5 Å². The number of sulfonamides is 1. The molecular formula is C12H16BrNO3S. The van der Waals surface area contributed by atoms with Crippen LogP contribution >= 0.6 is 15.9 Å². The van der Waals surface area contributed by atoms with Crippen molar-refractivity contribution in [3.8, 4) is 0 Å². The van der Waals surface area contributed by atoms with Gasteiger partial charge in [0.05, 0.1) is 4.90 Å². The summed E-state index contributed by atoms with van der Waals surface area (Å²) in [6, 6.07) is 6.62. The molecule has 0 aromatic heterocycles. The second-order valence-electron chi connectivity index (χ2n) is 4.37. The van der Waals surface area contributed by atoms with Gasteiger partial charge in [0, 0.05) is 24.2 Å². The predicted molar refractivity (Wildman–Crippen MR) is 72.9 cm³/mol. The van der Waals surface area contributed by atoms with Gasteiger partial charge in [0.15, 0.2) is 0 Å². The highest BCUT2D eigenvalue weighted by molar-refractivity contribution is 9.10. The molecule has 1 fully saturated rings. The van der Waals surface area contributed by atoms with E-state index in [-0.39, 0.29) is 0 Å². The van der Waals surface area contributed by atoms with Crippen LogP contribution in [0.2, 0.25) is 0 Å². The monoisotopic (exact) mass is 333 g/mol. The van der Waals surface area contributed by atoms with Gasteiger partial charge in [-0.15, -0.1) is 0 Å². The molecule has 0 saturated carbocycles. The third-order valence-corrected chi connectivity index (χ3v) is 5.00. The minimum atomic E-state index is -3.38. The number of ether oxygens (including phenoxy) is 1. The normalized spacial score (nSPS) is 20.2. The van der Waals surface area contributed by atoms with Crippen LogP contribution in [-0.4, -0.2) is 28.2 Å². The van der Waals surface area contributed by atoms with Gasteiger partial charge in [-0.3, -0.25) is 0 Å². The SMILES string of the molecule is O=S(=O)(NCCC1CCOC1)c1ccc(Br)cc1. The molecule has 18 heavy (non-hydrogen) atoms. The lowest BCUT2D eigenvalue weighted by Gasteiger charge is -2.09. The molecule has 1 aliphatic heterocycles. The Labute approximate surface area is 116 Å².